The van der Waals surface area contributed by atoms with Crippen LogP contribution in [0.3, 0.4) is 0 Å². The van der Waals surface area contributed by atoms with Gasteiger partial charge in [-0.1, -0.05) is 24.3 Å². The van der Waals surface area contributed by atoms with Gasteiger partial charge in [0.25, 0.3) is 0 Å². The highest BCUT2D eigenvalue weighted by Crippen LogP contribution is 2.31. The van der Waals surface area contributed by atoms with Crippen LogP contribution in [-0.2, 0) is 0 Å². The molecule has 3 N–H and O–H groups in total. The number of phenolic OH excluding ortho intramolecular Hbond substituents is 1. The highest BCUT2D eigenvalue weighted by atomic mass is 16.3. The average Bonchev–Trinajstić information content (AvgIpc) is 2.28. The lowest BCUT2D eigenvalue weighted by Gasteiger charge is -2.05. The number of hydrogen-bond acceptors (Lipinski definition) is 2. The quantitative estimate of drug-likeness (QED) is 0.441. The van der Waals surface area contributed by atoms with Gasteiger partial charge >= 0.3 is 0 Å². The Bertz CT molecular complexity index is 632. The Labute approximate surface area is 92.9 Å². The molecule has 0 aromatic heterocycles. The van der Waals surface area contributed by atoms with Crippen LogP contribution in [0.1, 0.15) is 0 Å². The predicted molar refractivity (Wildman–Crippen MR) is 67.5 cm³/mol. The van der Waals surface area contributed by atoms with E-state index < -0.39 is 0 Å². The van der Waals surface area contributed by atoms with Crippen LogP contribution in [-0.4, -0.2) is 5.11 Å². The van der Waals surface area contributed by atoms with Crippen LogP contribution in [0.5, 0.6) is 5.75 Å². The fraction of sp³-hybridized carbons (Fsp3) is 0. The monoisotopic (exact) mass is 209 g/mol. The van der Waals surface area contributed by atoms with Gasteiger partial charge in [-0.15, -0.1) is 0 Å². The number of benzene rings is 3. The van der Waals surface area contributed by atoms with Crippen molar-refractivity contribution in [2.24, 2.45) is 0 Å². The molecule has 0 radical (unpaired) electrons. The lowest BCUT2D eigenvalue weighted by atomic mass is 10.0. The number of nitrogens with two attached hydrogens (primary N) is 1. The van der Waals surface area contributed by atoms with Gasteiger partial charge in [0.2, 0.25) is 0 Å². The van der Waals surface area contributed by atoms with Crippen molar-refractivity contribution >= 4 is 27.2 Å². The van der Waals surface area contributed by atoms with E-state index in [1.165, 1.54) is 0 Å². The van der Waals surface area contributed by atoms with E-state index in [4.69, 9.17) is 5.73 Å². The molecular weight excluding hydrogens is 198 g/mol. The third kappa shape index (κ3) is 1.20. The smallest absolute Gasteiger partial charge is 0.123 e. The van der Waals surface area contributed by atoms with Crippen molar-refractivity contribution in [2.45, 2.75) is 0 Å². The first-order valence-corrected chi connectivity index (χ1v) is 5.16. The molecule has 2 nitrogen and oxygen atoms in total. The second-order valence-electron chi connectivity index (χ2n) is 3.92. The van der Waals surface area contributed by atoms with Crippen molar-refractivity contribution in [3.8, 4) is 5.75 Å². The summed E-state index contributed by atoms with van der Waals surface area (Å²) in [4.78, 5) is 0. The molecule has 3 rings (SSSR count). The van der Waals surface area contributed by atoms with Crippen molar-refractivity contribution in [1.29, 1.82) is 0 Å². The van der Waals surface area contributed by atoms with E-state index in [-0.39, 0.29) is 0 Å². The zero-order valence-corrected chi connectivity index (χ0v) is 8.64. The lowest BCUT2D eigenvalue weighted by molar-refractivity contribution is 0.481. The van der Waals surface area contributed by atoms with Crippen molar-refractivity contribution in [1.82, 2.24) is 0 Å². The standard InChI is InChI=1S/C14H11NO/c15-13-5-1-3-9-7-10-4-2-6-14(16)12(10)8-11(9)13/h1-8,16H,15H2. The summed E-state index contributed by atoms with van der Waals surface area (Å²) in [6.45, 7) is 0. The first-order chi connectivity index (χ1) is 7.75. The highest BCUT2D eigenvalue weighted by molar-refractivity contribution is 6.04. The summed E-state index contributed by atoms with van der Waals surface area (Å²) in [5, 5.41) is 13.7. The lowest BCUT2D eigenvalue weighted by Crippen LogP contribution is -1.86. The summed E-state index contributed by atoms with van der Waals surface area (Å²) in [6, 6.07) is 15.3. The SMILES string of the molecule is Nc1cccc2cc3cccc(O)c3cc12. The predicted octanol–water partition coefficient (Wildman–Crippen LogP) is 3.28. The molecule has 16 heavy (non-hydrogen) atoms. The molecule has 3 aromatic rings. The first-order valence-electron chi connectivity index (χ1n) is 5.16. The zero-order valence-electron chi connectivity index (χ0n) is 8.64. The third-order valence-corrected chi connectivity index (χ3v) is 2.89. The van der Waals surface area contributed by atoms with Gasteiger partial charge in [-0.05, 0) is 35.0 Å². The third-order valence-electron chi connectivity index (χ3n) is 2.89. The Morgan fingerprint density at radius 3 is 2.31 bits per heavy atom. The van der Waals surface area contributed by atoms with E-state index in [2.05, 4.69) is 0 Å². The van der Waals surface area contributed by atoms with Gasteiger partial charge in [-0.2, -0.15) is 0 Å². The molecule has 0 aliphatic carbocycles. The normalized spacial score (nSPS) is 11.0. The minimum Gasteiger partial charge on any atom is -0.507 e. The molecule has 0 spiro atoms. The van der Waals surface area contributed by atoms with Crippen molar-refractivity contribution < 1.29 is 5.11 Å². The van der Waals surface area contributed by atoms with Gasteiger partial charge in [0.05, 0.1) is 0 Å². The number of hydrogen-bond donors (Lipinski definition) is 2. The molecule has 0 amide bonds. The molecule has 0 saturated carbocycles. The molecule has 0 unspecified atom stereocenters. The molecule has 0 saturated heterocycles. The second kappa shape index (κ2) is 3.14. The summed E-state index contributed by atoms with van der Waals surface area (Å²) in [6.07, 6.45) is 0. The summed E-state index contributed by atoms with van der Waals surface area (Å²) in [7, 11) is 0. The average molecular weight is 209 g/mol. The van der Waals surface area contributed by atoms with E-state index in [1.54, 1.807) is 6.07 Å². The van der Waals surface area contributed by atoms with E-state index in [0.717, 1.165) is 27.2 Å². The van der Waals surface area contributed by atoms with Crippen LogP contribution in [0, 0.1) is 0 Å². The number of fused-ring (bicyclic) bond motifs is 2. The Hall–Kier alpha value is -2.22. The zero-order chi connectivity index (χ0) is 11.1. The molecule has 0 atom stereocenters. The maximum atomic E-state index is 9.78. The fourth-order valence-electron chi connectivity index (χ4n) is 2.06. The summed E-state index contributed by atoms with van der Waals surface area (Å²) >= 11 is 0. The van der Waals surface area contributed by atoms with Crippen molar-refractivity contribution in [3.63, 3.8) is 0 Å². The molecule has 0 bridgehead atoms. The van der Waals surface area contributed by atoms with Crippen LogP contribution in [0.4, 0.5) is 5.69 Å². The molecule has 78 valence electrons. The molecule has 0 aliphatic heterocycles. The molecule has 0 heterocycles. The van der Waals surface area contributed by atoms with Crippen LogP contribution < -0.4 is 5.73 Å². The second-order valence-corrected chi connectivity index (χ2v) is 3.92. The Balaban J connectivity index is 2.55. The minimum atomic E-state index is 0.294. The maximum Gasteiger partial charge on any atom is 0.123 e. The van der Waals surface area contributed by atoms with Crippen molar-refractivity contribution in [3.05, 3.63) is 48.5 Å². The number of aromatic hydroxyl groups is 1. The Morgan fingerprint density at radius 2 is 1.50 bits per heavy atom. The van der Waals surface area contributed by atoms with Crippen LogP contribution >= 0.6 is 0 Å². The van der Waals surface area contributed by atoms with E-state index in [1.807, 2.05) is 42.5 Å². The maximum absolute atomic E-state index is 9.78. The molecule has 0 fully saturated rings. The number of nitrogen functional groups attached to an aromatic ring is 1. The Morgan fingerprint density at radius 1 is 0.812 bits per heavy atom. The van der Waals surface area contributed by atoms with Gasteiger partial charge in [-0.3, -0.25) is 0 Å². The van der Waals surface area contributed by atoms with E-state index in [9.17, 15) is 5.11 Å². The number of anilines is 1. The van der Waals surface area contributed by atoms with Gasteiger partial charge < -0.3 is 10.8 Å². The highest BCUT2D eigenvalue weighted by Gasteiger charge is 2.03. The van der Waals surface area contributed by atoms with Gasteiger partial charge in [0.15, 0.2) is 0 Å². The Kier molecular flexibility index (Phi) is 1.77. The summed E-state index contributed by atoms with van der Waals surface area (Å²) in [5.74, 6) is 0.294. The van der Waals surface area contributed by atoms with E-state index >= 15 is 0 Å². The van der Waals surface area contributed by atoms with Gasteiger partial charge in [0.1, 0.15) is 5.75 Å². The van der Waals surface area contributed by atoms with Crippen LogP contribution in [0.2, 0.25) is 0 Å². The summed E-state index contributed by atoms with van der Waals surface area (Å²) in [5.41, 5.74) is 6.65. The van der Waals surface area contributed by atoms with E-state index in [0.29, 0.717) is 5.75 Å². The molecular formula is C14H11NO. The number of phenols is 1. The number of rotatable bonds is 0. The largest absolute Gasteiger partial charge is 0.507 e. The van der Waals surface area contributed by atoms with Crippen LogP contribution in [0.25, 0.3) is 21.5 Å². The van der Waals surface area contributed by atoms with Crippen molar-refractivity contribution in [2.75, 3.05) is 5.73 Å². The minimum absolute atomic E-state index is 0.294. The fourth-order valence-corrected chi connectivity index (χ4v) is 2.06. The van der Waals surface area contributed by atoms with Crippen LogP contribution in [0.15, 0.2) is 48.5 Å². The molecule has 0 aliphatic rings. The van der Waals surface area contributed by atoms with Gasteiger partial charge in [0, 0.05) is 16.5 Å². The molecule has 3 aromatic carbocycles. The summed E-state index contributed by atoms with van der Waals surface area (Å²) < 4.78 is 0. The topological polar surface area (TPSA) is 46.2 Å². The molecule has 2 heteroatoms. The first kappa shape index (κ1) is 9.04. The van der Waals surface area contributed by atoms with Gasteiger partial charge in [-0.25, -0.2) is 0 Å².